The molecule has 0 aliphatic heterocycles. The fourth-order valence-electron chi connectivity index (χ4n) is 2.43. The third-order valence-electron chi connectivity index (χ3n) is 3.68. The summed E-state index contributed by atoms with van der Waals surface area (Å²) in [5.74, 6) is 0.0523. The summed E-state index contributed by atoms with van der Waals surface area (Å²) in [6.07, 6.45) is 2.54. The van der Waals surface area contributed by atoms with Gasteiger partial charge in [0.2, 0.25) is 0 Å². The molecule has 0 saturated heterocycles. The Morgan fingerprint density at radius 1 is 1.41 bits per heavy atom. The predicted octanol–water partition coefficient (Wildman–Crippen LogP) is 2.65. The third-order valence-corrected chi connectivity index (χ3v) is 4.87. The molecule has 0 fully saturated rings. The van der Waals surface area contributed by atoms with Gasteiger partial charge >= 0.3 is 0 Å². The predicted molar refractivity (Wildman–Crippen MR) is 88.2 cm³/mol. The molecule has 0 unspecified atom stereocenters. The van der Waals surface area contributed by atoms with E-state index in [2.05, 4.69) is 10.1 Å². The zero-order valence-corrected chi connectivity index (χ0v) is 13.7. The molecule has 0 aliphatic rings. The molecule has 0 spiro atoms. The van der Waals surface area contributed by atoms with Crippen molar-refractivity contribution in [2.24, 2.45) is 7.05 Å². The van der Waals surface area contributed by atoms with Gasteiger partial charge in [-0.15, -0.1) is 11.3 Å². The van der Waals surface area contributed by atoms with Gasteiger partial charge in [-0.1, -0.05) is 6.07 Å². The van der Waals surface area contributed by atoms with Gasteiger partial charge in [-0.3, -0.25) is 14.5 Å². The Hall–Kier alpha value is -2.21. The maximum atomic E-state index is 12.5. The van der Waals surface area contributed by atoms with Gasteiger partial charge in [-0.25, -0.2) is 0 Å². The lowest BCUT2D eigenvalue weighted by Crippen LogP contribution is -2.28. The second-order valence-electron chi connectivity index (χ2n) is 5.34. The second-order valence-corrected chi connectivity index (χ2v) is 6.37. The number of amides is 1. The molecule has 22 heavy (non-hydrogen) atoms. The zero-order chi connectivity index (χ0) is 15.7. The van der Waals surface area contributed by atoms with E-state index in [9.17, 15) is 4.79 Å². The average molecular weight is 314 g/mol. The highest BCUT2D eigenvalue weighted by Crippen LogP contribution is 2.28. The molecule has 3 rings (SSSR count). The lowest BCUT2D eigenvalue weighted by Gasteiger charge is -2.15. The second kappa shape index (κ2) is 5.88. The molecule has 5 nitrogen and oxygen atoms in total. The van der Waals surface area contributed by atoms with E-state index in [0.717, 1.165) is 32.9 Å². The van der Waals surface area contributed by atoms with E-state index in [1.54, 1.807) is 11.1 Å². The molecular formula is C16H18N4OS. The van der Waals surface area contributed by atoms with Crippen LogP contribution in [0.15, 0.2) is 30.5 Å². The molecule has 6 heteroatoms. The van der Waals surface area contributed by atoms with Gasteiger partial charge < -0.3 is 4.90 Å². The summed E-state index contributed by atoms with van der Waals surface area (Å²) < 4.78 is 1.83. The first-order valence-corrected chi connectivity index (χ1v) is 7.96. The number of carbonyl (C=O) groups is 1. The van der Waals surface area contributed by atoms with Crippen molar-refractivity contribution in [1.82, 2.24) is 19.7 Å². The highest BCUT2D eigenvalue weighted by Gasteiger charge is 2.18. The molecule has 1 amide bonds. The molecule has 0 atom stereocenters. The molecule has 0 N–H and O–H groups in total. The fraction of sp³-hybridized carbons (Fsp3) is 0.312. The number of fused-ring (bicyclic) bond motifs is 1. The maximum Gasteiger partial charge on any atom is 0.263 e. The Kier molecular flexibility index (Phi) is 3.94. The number of hydrogen-bond acceptors (Lipinski definition) is 4. The van der Waals surface area contributed by atoms with Crippen molar-refractivity contribution in [3.05, 3.63) is 46.7 Å². The van der Waals surface area contributed by atoms with E-state index in [4.69, 9.17) is 0 Å². The molecule has 0 saturated carbocycles. The largest absolute Gasteiger partial charge is 0.341 e. The summed E-state index contributed by atoms with van der Waals surface area (Å²) in [6.45, 7) is 2.62. The van der Waals surface area contributed by atoms with Crippen LogP contribution in [-0.4, -0.2) is 39.2 Å². The average Bonchev–Trinajstić information content (AvgIpc) is 3.07. The van der Waals surface area contributed by atoms with Crippen LogP contribution in [0.2, 0.25) is 0 Å². The summed E-state index contributed by atoms with van der Waals surface area (Å²) >= 11 is 1.50. The first-order valence-electron chi connectivity index (χ1n) is 7.15. The number of nitrogens with zero attached hydrogens (tertiary/aromatic N) is 4. The van der Waals surface area contributed by atoms with Gasteiger partial charge in [0.1, 0.15) is 4.83 Å². The number of carbonyl (C=O) groups excluding carboxylic acids is 1. The van der Waals surface area contributed by atoms with Crippen molar-refractivity contribution in [1.29, 1.82) is 0 Å². The molecule has 0 radical (unpaired) electrons. The summed E-state index contributed by atoms with van der Waals surface area (Å²) in [7, 11) is 3.74. The third kappa shape index (κ3) is 2.74. The van der Waals surface area contributed by atoms with Crippen LogP contribution < -0.4 is 0 Å². The Morgan fingerprint density at radius 3 is 2.91 bits per heavy atom. The number of hydrogen-bond donors (Lipinski definition) is 0. The lowest BCUT2D eigenvalue weighted by molar-refractivity contribution is 0.0801. The van der Waals surface area contributed by atoms with Gasteiger partial charge in [-0.05, 0) is 25.1 Å². The number of aryl methyl sites for hydroxylation is 2. The molecule has 3 aromatic rings. The molecule has 0 bridgehead atoms. The van der Waals surface area contributed by atoms with Gasteiger partial charge in [0.05, 0.1) is 10.6 Å². The number of rotatable bonds is 4. The van der Waals surface area contributed by atoms with Crippen LogP contribution in [0.4, 0.5) is 0 Å². The molecule has 3 heterocycles. The minimum atomic E-state index is 0.0523. The Bertz CT molecular complexity index is 772. The number of aromatic nitrogens is 3. The minimum Gasteiger partial charge on any atom is -0.341 e. The Labute approximate surface area is 133 Å². The van der Waals surface area contributed by atoms with Crippen molar-refractivity contribution >= 4 is 27.5 Å². The minimum absolute atomic E-state index is 0.0523. The fourth-order valence-corrected chi connectivity index (χ4v) is 3.55. The summed E-state index contributed by atoms with van der Waals surface area (Å²) in [5, 5.41) is 5.43. The zero-order valence-electron chi connectivity index (χ0n) is 12.9. The van der Waals surface area contributed by atoms with Crippen molar-refractivity contribution in [2.75, 3.05) is 13.6 Å². The molecule has 0 aliphatic carbocycles. The SMILES string of the molecule is Cc1nn(C)c2sc(C(=O)N(C)CCc3ccccn3)cc12. The monoisotopic (exact) mass is 314 g/mol. The van der Waals surface area contributed by atoms with Crippen LogP contribution in [0.25, 0.3) is 10.2 Å². The van der Waals surface area contributed by atoms with Crippen molar-refractivity contribution < 1.29 is 4.79 Å². The first kappa shape index (κ1) is 14.7. The van der Waals surface area contributed by atoms with E-state index in [0.29, 0.717) is 6.54 Å². The Morgan fingerprint density at radius 2 is 2.23 bits per heavy atom. The van der Waals surface area contributed by atoms with E-state index < -0.39 is 0 Å². The normalized spacial score (nSPS) is 11.0. The highest BCUT2D eigenvalue weighted by molar-refractivity contribution is 7.20. The first-order chi connectivity index (χ1) is 10.6. The summed E-state index contributed by atoms with van der Waals surface area (Å²) in [6, 6.07) is 7.78. The number of thiophene rings is 1. The van der Waals surface area contributed by atoms with E-state index >= 15 is 0 Å². The molecule has 0 aromatic carbocycles. The number of pyridine rings is 1. The van der Waals surface area contributed by atoms with Gasteiger partial charge in [0.15, 0.2) is 0 Å². The molecule has 3 aromatic heterocycles. The van der Waals surface area contributed by atoms with Gasteiger partial charge in [-0.2, -0.15) is 5.10 Å². The summed E-state index contributed by atoms with van der Waals surface area (Å²) in [5.41, 5.74) is 1.96. The Balaban J connectivity index is 1.73. The van der Waals surface area contributed by atoms with Crippen LogP contribution in [0.3, 0.4) is 0 Å². The molecular weight excluding hydrogens is 296 g/mol. The topological polar surface area (TPSA) is 51.0 Å². The highest BCUT2D eigenvalue weighted by atomic mass is 32.1. The van der Waals surface area contributed by atoms with Crippen molar-refractivity contribution in [3.63, 3.8) is 0 Å². The maximum absolute atomic E-state index is 12.5. The van der Waals surface area contributed by atoms with Crippen LogP contribution >= 0.6 is 11.3 Å². The standard InChI is InChI=1S/C16H18N4OS/c1-11-13-10-14(22-16(13)20(3)18-11)15(21)19(2)9-7-12-6-4-5-8-17-12/h4-6,8,10H,7,9H2,1-3H3. The molecule has 114 valence electrons. The number of likely N-dealkylation sites (N-methyl/N-ethyl adjacent to an activating group) is 1. The van der Waals surface area contributed by atoms with Crippen LogP contribution in [0.1, 0.15) is 21.1 Å². The van der Waals surface area contributed by atoms with E-state index in [1.165, 1.54) is 11.3 Å². The van der Waals surface area contributed by atoms with Crippen molar-refractivity contribution in [3.8, 4) is 0 Å². The summed E-state index contributed by atoms with van der Waals surface area (Å²) in [4.78, 5) is 20.4. The van der Waals surface area contributed by atoms with E-state index in [-0.39, 0.29) is 5.91 Å². The van der Waals surface area contributed by atoms with Crippen LogP contribution in [0.5, 0.6) is 0 Å². The van der Waals surface area contributed by atoms with E-state index in [1.807, 2.05) is 50.0 Å². The lowest BCUT2D eigenvalue weighted by atomic mass is 10.2. The smallest absolute Gasteiger partial charge is 0.263 e. The van der Waals surface area contributed by atoms with Crippen molar-refractivity contribution in [2.45, 2.75) is 13.3 Å². The van der Waals surface area contributed by atoms with Crippen LogP contribution in [0, 0.1) is 6.92 Å². The van der Waals surface area contributed by atoms with Gasteiger partial charge in [0.25, 0.3) is 5.91 Å². The quantitative estimate of drug-likeness (QED) is 0.744. The van der Waals surface area contributed by atoms with Gasteiger partial charge in [0, 0.05) is 44.3 Å². The van der Waals surface area contributed by atoms with Crippen LogP contribution in [-0.2, 0) is 13.5 Å².